The van der Waals surface area contributed by atoms with Gasteiger partial charge in [0.25, 0.3) is 16.7 Å². The molecule has 0 fully saturated rings. The van der Waals surface area contributed by atoms with Gasteiger partial charge >= 0.3 is 0 Å². The van der Waals surface area contributed by atoms with Gasteiger partial charge in [0.15, 0.2) is 15.5 Å². The first-order valence-electron chi connectivity index (χ1n) is 24.6. The van der Waals surface area contributed by atoms with Crippen LogP contribution in [-0.2, 0) is 35.9 Å². The van der Waals surface area contributed by atoms with Gasteiger partial charge in [0.1, 0.15) is 52.3 Å². The molecular weight excluding hydrogens is 1070 g/mol. The summed E-state index contributed by atoms with van der Waals surface area (Å²) in [5, 5.41) is 57.8. The normalized spacial score (nSPS) is 16.8. The summed E-state index contributed by atoms with van der Waals surface area (Å²) in [6.45, 7) is 17.6. The van der Waals surface area contributed by atoms with E-state index in [1.807, 2.05) is 80.5 Å². The first kappa shape index (κ1) is 59.0. The van der Waals surface area contributed by atoms with Gasteiger partial charge in [-0.05, 0) is 18.2 Å². The van der Waals surface area contributed by atoms with E-state index in [4.69, 9.17) is 0 Å². The summed E-state index contributed by atoms with van der Waals surface area (Å²) in [5.74, 6) is 0.223. The molecular formula is C54H57F3N12O6S3. The highest BCUT2D eigenvalue weighted by Gasteiger charge is 2.31. The van der Waals surface area contributed by atoms with Crippen molar-refractivity contribution in [2.75, 3.05) is 37.1 Å². The fourth-order valence-corrected chi connectivity index (χ4v) is 11.7. The number of pyridine rings is 3. The summed E-state index contributed by atoms with van der Waals surface area (Å²) in [5.41, 5.74) is -0.938. The zero-order valence-corrected chi connectivity index (χ0v) is 46.8. The summed E-state index contributed by atoms with van der Waals surface area (Å²) in [4.78, 5) is 64.0. The largest absolute Gasteiger partial charge is 0.396 e. The molecule has 408 valence electrons. The van der Waals surface area contributed by atoms with Crippen LogP contribution in [0.2, 0.25) is 0 Å². The molecule has 24 heteroatoms. The molecule has 3 aliphatic rings. The molecule has 78 heavy (non-hydrogen) atoms. The van der Waals surface area contributed by atoms with Crippen molar-refractivity contribution in [3.8, 4) is 52.0 Å². The number of hydrogen-bond donors (Lipinski definition) is 3. The number of nitriles is 3. The van der Waals surface area contributed by atoms with Crippen molar-refractivity contribution in [2.24, 2.45) is 17.8 Å². The highest BCUT2D eigenvalue weighted by molar-refractivity contribution is 7.99. The van der Waals surface area contributed by atoms with Gasteiger partial charge in [-0.2, -0.15) is 15.8 Å². The van der Waals surface area contributed by atoms with Crippen LogP contribution in [0.4, 0.5) is 13.2 Å². The second-order valence-corrected chi connectivity index (χ2v) is 24.9. The molecule has 0 saturated heterocycles. The minimum absolute atomic E-state index is 0.0358. The third-order valence-corrected chi connectivity index (χ3v) is 16.3. The highest BCUT2D eigenvalue weighted by Crippen LogP contribution is 2.34. The molecule has 3 atom stereocenters. The highest BCUT2D eigenvalue weighted by atomic mass is 32.2. The Bertz CT molecular complexity index is 3250. The van der Waals surface area contributed by atoms with Gasteiger partial charge < -0.3 is 15.3 Å². The van der Waals surface area contributed by atoms with Crippen LogP contribution < -0.4 is 16.7 Å². The molecule has 0 spiro atoms. The van der Waals surface area contributed by atoms with E-state index in [1.165, 1.54) is 85.8 Å². The lowest BCUT2D eigenvalue weighted by Crippen LogP contribution is -2.34. The lowest BCUT2D eigenvalue weighted by atomic mass is 9.90. The van der Waals surface area contributed by atoms with E-state index in [0.717, 1.165) is 0 Å². The van der Waals surface area contributed by atoms with Crippen LogP contribution in [0, 0.1) is 69.2 Å². The molecule has 0 amide bonds. The van der Waals surface area contributed by atoms with Gasteiger partial charge in [-0.15, -0.1) is 0 Å². The van der Waals surface area contributed by atoms with Crippen molar-refractivity contribution in [3.63, 3.8) is 0 Å². The molecule has 0 aromatic carbocycles. The second-order valence-electron chi connectivity index (χ2n) is 21.9. The number of nitrogens with zero attached hydrogens (tertiary/aromatic N) is 12. The topological polar surface area (TPSA) is 275 Å². The molecule has 1 unspecified atom stereocenters. The van der Waals surface area contributed by atoms with Crippen LogP contribution in [0.5, 0.6) is 0 Å². The summed E-state index contributed by atoms with van der Waals surface area (Å²) in [7, 11) is 0. The van der Waals surface area contributed by atoms with Gasteiger partial charge in [0, 0.05) is 126 Å². The number of aromatic nitrogens is 9. The molecule has 9 heterocycles. The van der Waals surface area contributed by atoms with Crippen molar-refractivity contribution in [2.45, 2.75) is 114 Å². The fourth-order valence-electron chi connectivity index (χ4n) is 8.55. The Hall–Kier alpha value is -6.72. The van der Waals surface area contributed by atoms with Crippen LogP contribution >= 0.6 is 35.3 Å². The Labute approximate surface area is 460 Å². The third kappa shape index (κ3) is 12.4. The van der Waals surface area contributed by atoms with Crippen molar-refractivity contribution in [3.05, 3.63) is 119 Å². The first-order valence-corrected chi connectivity index (χ1v) is 27.6. The first-order chi connectivity index (χ1) is 36.8. The minimum atomic E-state index is -0.494. The summed E-state index contributed by atoms with van der Waals surface area (Å²) >= 11 is 4.03. The smallest absolute Gasteiger partial charge is 0.272 e. The Morgan fingerprint density at radius 3 is 0.936 bits per heavy atom. The Morgan fingerprint density at radius 2 is 0.744 bits per heavy atom. The van der Waals surface area contributed by atoms with E-state index in [-0.39, 0.29) is 71.3 Å². The summed E-state index contributed by atoms with van der Waals surface area (Å²) < 4.78 is 47.8. The summed E-state index contributed by atoms with van der Waals surface area (Å²) in [6, 6.07) is 9.50. The standard InChI is InChI=1S/3C18H19FN4O2S/c3*1-18(2,3)15-13(19)4-11(6-21-15)14-12(5-20)16(25)23-7-10(8-24)9-26-17(23)22-14/h3*4,6,10,24H,7-9H2,1-3H3/t2*10-;/m10./s1. The van der Waals surface area contributed by atoms with Gasteiger partial charge in [0.05, 0.1) is 34.2 Å². The average molecular weight is 1120 g/mol. The van der Waals surface area contributed by atoms with Gasteiger partial charge in [-0.25, -0.2) is 28.1 Å². The number of rotatable bonds is 6. The number of halogens is 3. The van der Waals surface area contributed by atoms with Crippen LogP contribution in [-0.4, -0.2) is 96.0 Å². The number of fused-ring (bicyclic) bond motifs is 3. The summed E-state index contributed by atoms with van der Waals surface area (Å²) in [6.07, 6.45) is 4.36. The molecule has 0 bridgehead atoms. The van der Waals surface area contributed by atoms with E-state index >= 15 is 0 Å². The van der Waals surface area contributed by atoms with Crippen molar-refractivity contribution in [1.82, 2.24) is 43.6 Å². The monoisotopic (exact) mass is 1120 g/mol. The molecule has 0 aliphatic carbocycles. The number of thioether (sulfide) groups is 3. The lowest BCUT2D eigenvalue weighted by Gasteiger charge is -2.24. The Morgan fingerprint density at radius 1 is 0.500 bits per heavy atom. The molecule has 3 aliphatic heterocycles. The van der Waals surface area contributed by atoms with Crippen molar-refractivity contribution >= 4 is 35.3 Å². The second kappa shape index (κ2) is 23.7. The minimum Gasteiger partial charge on any atom is -0.396 e. The lowest BCUT2D eigenvalue weighted by molar-refractivity contribution is 0.217. The number of hydrogen-bond acceptors (Lipinski definition) is 18. The molecule has 0 radical (unpaired) electrons. The Balaban J connectivity index is 0.000000170. The van der Waals surface area contributed by atoms with Gasteiger partial charge in [-0.1, -0.05) is 97.6 Å². The van der Waals surface area contributed by atoms with Gasteiger partial charge in [0.2, 0.25) is 0 Å². The quantitative estimate of drug-likeness (QED) is 0.142. The molecule has 18 nitrogen and oxygen atoms in total. The van der Waals surface area contributed by atoms with Crippen LogP contribution in [0.25, 0.3) is 33.8 Å². The molecule has 6 aromatic heterocycles. The molecule has 9 rings (SSSR count). The van der Waals surface area contributed by atoms with Crippen LogP contribution in [0.3, 0.4) is 0 Å². The zero-order valence-electron chi connectivity index (χ0n) is 44.4. The molecule has 0 saturated carbocycles. The van der Waals surface area contributed by atoms with Gasteiger partial charge in [-0.3, -0.25) is 43.0 Å². The zero-order chi connectivity index (χ0) is 57.2. The van der Waals surface area contributed by atoms with E-state index in [9.17, 15) is 58.7 Å². The van der Waals surface area contributed by atoms with E-state index in [0.29, 0.717) is 86.1 Å². The molecule has 6 aromatic rings. The number of aliphatic hydroxyl groups is 3. The van der Waals surface area contributed by atoms with Crippen LogP contribution in [0.1, 0.15) is 96.1 Å². The van der Waals surface area contributed by atoms with Crippen molar-refractivity contribution in [1.29, 1.82) is 15.8 Å². The maximum atomic E-state index is 14.5. The number of aliphatic hydroxyl groups excluding tert-OH is 3. The maximum Gasteiger partial charge on any atom is 0.272 e. The maximum absolute atomic E-state index is 14.5. The van der Waals surface area contributed by atoms with E-state index in [2.05, 4.69) is 29.9 Å². The predicted octanol–water partition coefficient (Wildman–Crippen LogP) is 6.98. The van der Waals surface area contributed by atoms with Crippen LogP contribution in [0.15, 0.2) is 66.6 Å². The molecule has 3 N–H and O–H groups in total. The third-order valence-electron chi connectivity index (χ3n) is 12.7. The van der Waals surface area contributed by atoms with E-state index < -0.39 is 50.4 Å². The Kier molecular flexibility index (Phi) is 17.9. The average Bonchev–Trinajstić information content (AvgIpc) is 3.45. The van der Waals surface area contributed by atoms with E-state index in [1.54, 1.807) is 0 Å². The fraction of sp³-hybridized carbons (Fsp3) is 0.444. The predicted molar refractivity (Wildman–Crippen MR) is 289 cm³/mol. The van der Waals surface area contributed by atoms with Crippen molar-refractivity contribution < 1.29 is 28.5 Å². The SMILES string of the molecule is CC(C)(C)c1ncc(-c2nc3n(c(=O)c2C#N)CC(CO)CS3)cc1F.CC(C)(C)c1ncc(-c2nc3n(c(=O)c2C#N)C[C@@H](CO)CS3)cc1F.CC(C)(C)c1ncc(-c2nc3n(c(=O)c2C#N)C[C@H](CO)CS3)cc1F.